The summed E-state index contributed by atoms with van der Waals surface area (Å²) in [5.74, 6) is -0.702. The molecular formula is C20H21N3O3. The highest BCUT2D eigenvalue weighted by atomic mass is 16.5. The first kappa shape index (κ1) is 17.7. The van der Waals surface area contributed by atoms with Gasteiger partial charge in [0.25, 0.3) is 5.91 Å². The number of hydrogen-bond acceptors (Lipinski definition) is 4. The molecule has 1 aromatic carbocycles. The lowest BCUT2D eigenvalue weighted by Crippen LogP contribution is -2.17. The highest BCUT2D eigenvalue weighted by Gasteiger charge is 2.19. The first-order chi connectivity index (χ1) is 12.5. The average molecular weight is 351 g/mol. The molecule has 0 aliphatic heterocycles. The number of esters is 1. The Morgan fingerprint density at radius 2 is 2.04 bits per heavy atom. The highest BCUT2D eigenvalue weighted by molar-refractivity contribution is 6.05. The Balaban J connectivity index is 1.98. The molecule has 1 N–H and O–H groups in total. The molecule has 1 amide bonds. The Hall–Kier alpha value is -3.15. The van der Waals surface area contributed by atoms with Gasteiger partial charge in [0.05, 0.1) is 18.4 Å². The standard InChI is InChI=1S/C20H21N3O3/c1-4-6-16-18(23-12-13(2)9-10-17(23)22-16)19(24)21-15-8-5-7-14(11-15)20(25)26-3/h5,7-12H,4,6H2,1-3H3,(H,21,24). The van der Waals surface area contributed by atoms with Crippen molar-refractivity contribution in [3.8, 4) is 0 Å². The van der Waals surface area contributed by atoms with Crippen molar-refractivity contribution in [2.45, 2.75) is 26.7 Å². The van der Waals surface area contributed by atoms with Crippen molar-refractivity contribution < 1.29 is 14.3 Å². The molecule has 0 bridgehead atoms. The summed E-state index contributed by atoms with van der Waals surface area (Å²) in [7, 11) is 1.32. The summed E-state index contributed by atoms with van der Waals surface area (Å²) in [5, 5.41) is 2.87. The lowest BCUT2D eigenvalue weighted by atomic mass is 10.1. The summed E-state index contributed by atoms with van der Waals surface area (Å²) < 4.78 is 6.54. The summed E-state index contributed by atoms with van der Waals surface area (Å²) in [6.07, 6.45) is 3.51. The Bertz CT molecular complexity index is 976. The predicted octanol–water partition coefficient (Wildman–Crippen LogP) is 3.63. The lowest BCUT2D eigenvalue weighted by Gasteiger charge is -2.08. The molecule has 0 radical (unpaired) electrons. The maximum Gasteiger partial charge on any atom is 0.337 e. The Kier molecular flexibility index (Phi) is 5.02. The van der Waals surface area contributed by atoms with Crippen LogP contribution in [0.25, 0.3) is 5.65 Å². The highest BCUT2D eigenvalue weighted by Crippen LogP contribution is 2.19. The number of anilines is 1. The number of aromatic nitrogens is 2. The first-order valence-electron chi connectivity index (χ1n) is 8.50. The van der Waals surface area contributed by atoms with Crippen LogP contribution < -0.4 is 5.32 Å². The van der Waals surface area contributed by atoms with E-state index in [1.54, 1.807) is 24.3 Å². The van der Waals surface area contributed by atoms with Gasteiger partial charge in [0.1, 0.15) is 11.3 Å². The third-order valence-electron chi connectivity index (χ3n) is 4.08. The molecule has 134 valence electrons. The molecule has 0 saturated carbocycles. The number of pyridine rings is 1. The van der Waals surface area contributed by atoms with Gasteiger partial charge in [-0.05, 0) is 43.2 Å². The molecule has 3 aromatic rings. The number of nitrogens with zero attached hydrogens (tertiary/aromatic N) is 2. The molecule has 0 atom stereocenters. The maximum absolute atomic E-state index is 13.0. The second-order valence-electron chi connectivity index (χ2n) is 6.12. The van der Waals surface area contributed by atoms with Crippen LogP contribution in [0.1, 0.15) is 45.4 Å². The quantitative estimate of drug-likeness (QED) is 0.713. The topological polar surface area (TPSA) is 72.7 Å². The number of rotatable bonds is 5. The fourth-order valence-corrected chi connectivity index (χ4v) is 2.88. The van der Waals surface area contributed by atoms with Crippen molar-refractivity contribution in [1.82, 2.24) is 9.38 Å². The molecule has 2 heterocycles. The van der Waals surface area contributed by atoms with Crippen molar-refractivity contribution in [1.29, 1.82) is 0 Å². The number of aryl methyl sites for hydroxylation is 2. The molecule has 2 aromatic heterocycles. The fraction of sp³-hybridized carbons (Fsp3) is 0.250. The zero-order chi connectivity index (χ0) is 18.7. The van der Waals surface area contributed by atoms with Crippen LogP contribution in [0.3, 0.4) is 0 Å². The van der Waals surface area contributed by atoms with E-state index in [1.807, 2.05) is 29.7 Å². The van der Waals surface area contributed by atoms with E-state index < -0.39 is 5.97 Å². The zero-order valence-electron chi connectivity index (χ0n) is 15.1. The summed E-state index contributed by atoms with van der Waals surface area (Å²) in [5.41, 5.74) is 3.98. The zero-order valence-corrected chi connectivity index (χ0v) is 15.1. The molecule has 6 heteroatoms. The van der Waals surface area contributed by atoms with Crippen LogP contribution in [0, 0.1) is 6.92 Å². The number of amides is 1. The van der Waals surface area contributed by atoms with Gasteiger partial charge in [-0.1, -0.05) is 25.5 Å². The van der Waals surface area contributed by atoms with E-state index in [0.717, 1.165) is 23.3 Å². The number of imidazole rings is 1. The molecule has 26 heavy (non-hydrogen) atoms. The van der Waals surface area contributed by atoms with Gasteiger partial charge in [-0.3, -0.25) is 9.20 Å². The van der Waals surface area contributed by atoms with Crippen molar-refractivity contribution in [2.75, 3.05) is 12.4 Å². The van der Waals surface area contributed by atoms with Crippen LogP contribution in [0.4, 0.5) is 5.69 Å². The normalized spacial score (nSPS) is 10.7. The fourth-order valence-electron chi connectivity index (χ4n) is 2.88. The lowest BCUT2D eigenvalue weighted by molar-refractivity contribution is 0.0600. The number of carbonyl (C=O) groups is 2. The second-order valence-corrected chi connectivity index (χ2v) is 6.12. The molecule has 6 nitrogen and oxygen atoms in total. The van der Waals surface area contributed by atoms with Gasteiger partial charge in [0.2, 0.25) is 0 Å². The predicted molar refractivity (Wildman–Crippen MR) is 99.7 cm³/mol. The summed E-state index contributed by atoms with van der Waals surface area (Å²) in [6.45, 7) is 4.03. The third kappa shape index (κ3) is 3.44. The minimum atomic E-state index is -0.446. The minimum absolute atomic E-state index is 0.256. The smallest absolute Gasteiger partial charge is 0.337 e. The first-order valence-corrected chi connectivity index (χ1v) is 8.50. The van der Waals surface area contributed by atoms with E-state index in [9.17, 15) is 9.59 Å². The Morgan fingerprint density at radius 3 is 2.77 bits per heavy atom. The van der Waals surface area contributed by atoms with Crippen molar-refractivity contribution in [3.63, 3.8) is 0 Å². The van der Waals surface area contributed by atoms with Crippen LogP contribution in [0.15, 0.2) is 42.6 Å². The van der Waals surface area contributed by atoms with Crippen molar-refractivity contribution >= 4 is 23.2 Å². The van der Waals surface area contributed by atoms with Crippen molar-refractivity contribution in [3.05, 3.63) is 65.1 Å². The monoisotopic (exact) mass is 351 g/mol. The molecule has 0 aliphatic rings. The Labute approximate surface area is 151 Å². The van der Waals surface area contributed by atoms with E-state index in [1.165, 1.54) is 7.11 Å². The Morgan fingerprint density at radius 1 is 1.23 bits per heavy atom. The van der Waals surface area contributed by atoms with E-state index in [2.05, 4.69) is 17.2 Å². The largest absolute Gasteiger partial charge is 0.465 e. The van der Waals surface area contributed by atoms with Crippen LogP contribution >= 0.6 is 0 Å². The number of benzene rings is 1. The minimum Gasteiger partial charge on any atom is -0.465 e. The maximum atomic E-state index is 13.0. The molecule has 0 saturated heterocycles. The third-order valence-corrected chi connectivity index (χ3v) is 4.08. The van der Waals surface area contributed by atoms with Gasteiger partial charge in [0.15, 0.2) is 0 Å². The van der Waals surface area contributed by atoms with Crippen molar-refractivity contribution in [2.24, 2.45) is 0 Å². The van der Waals surface area contributed by atoms with Gasteiger partial charge < -0.3 is 10.1 Å². The summed E-state index contributed by atoms with van der Waals surface area (Å²) in [6, 6.07) is 10.5. The van der Waals surface area contributed by atoms with E-state index in [0.29, 0.717) is 23.4 Å². The van der Waals surface area contributed by atoms with Gasteiger partial charge in [-0.25, -0.2) is 9.78 Å². The number of methoxy groups -OCH3 is 1. The molecule has 3 rings (SSSR count). The molecule has 0 spiro atoms. The molecule has 0 fully saturated rings. The molecule has 0 aliphatic carbocycles. The van der Waals surface area contributed by atoms with Gasteiger partial charge in [0, 0.05) is 11.9 Å². The van der Waals surface area contributed by atoms with Gasteiger partial charge in [-0.15, -0.1) is 0 Å². The van der Waals surface area contributed by atoms with Gasteiger partial charge in [-0.2, -0.15) is 0 Å². The van der Waals surface area contributed by atoms with Gasteiger partial charge >= 0.3 is 5.97 Å². The summed E-state index contributed by atoms with van der Waals surface area (Å²) >= 11 is 0. The van der Waals surface area contributed by atoms with E-state index in [4.69, 9.17) is 4.74 Å². The summed E-state index contributed by atoms with van der Waals surface area (Å²) in [4.78, 5) is 29.2. The molecule has 0 unspecified atom stereocenters. The number of nitrogens with one attached hydrogen (secondary N) is 1. The van der Waals surface area contributed by atoms with Crippen LogP contribution in [0.2, 0.25) is 0 Å². The molecular weight excluding hydrogens is 330 g/mol. The van der Waals surface area contributed by atoms with E-state index >= 15 is 0 Å². The van der Waals surface area contributed by atoms with E-state index in [-0.39, 0.29) is 5.91 Å². The van der Waals surface area contributed by atoms with Crippen LogP contribution in [0.5, 0.6) is 0 Å². The average Bonchev–Trinajstić information content (AvgIpc) is 2.98. The number of carbonyl (C=O) groups excluding carboxylic acids is 2. The van der Waals surface area contributed by atoms with Crippen LogP contribution in [-0.4, -0.2) is 28.4 Å². The SMILES string of the molecule is CCCc1nc2ccc(C)cn2c1C(=O)Nc1cccc(C(=O)OC)c1. The second kappa shape index (κ2) is 7.39. The number of hydrogen-bond donors (Lipinski definition) is 1. The number of ether oxygens (including phenoxy) is 1. The number of fused-ring (bicyclic) bond motifs is 1. The van der Waals surface area contributed by atoms with Crippen LogP contribution in [-0.2, 0) is 11.2 Å².